The van der Waals surface area contributed by atoms with Gasteiger partial charge in [0, 0.05) is 10.9 Å². The molecule has 1 aliphatic rings. The summed E-state index contributed by atoms with van der Waals surface area (Å²) in [5, 5.41) is 1.98. The maximum Gasteiger partial charge on any atom is 0.241 e. The average Bonchev–Trinajstić information content (AvgIpc) is 3.11. The van der Waals surface area contributed by atoms with Crippen molar-refractivity contribution in [3.63, 3.8) is 0 Å². The number of hydrogen-bond donors (Lipinski definition) is 1. The van der Waals surface area contributed by atoms with Crippen LogP contribution in [0.3, 0.4) is 0 Å². The zero-order valence-electron chi connectivity index (χ0n) is 12.4. The van der Waals surface area contributed by atoms with E-state index < -0.39 is 16.1 Å². The molecular weight excluding hydrogens is 308 g/mol. The summed E-state index contributed by atoms with van der Waals surface area (Å²) >= 11 is 1.61. The number of carbonyl (C=O) groups excluding carboxylic acids is 1. The van der Waals surface area contributed by atoms with E-state index in [2.05, 4.69) is 4.72 Å². The van der Waals surface area contributed by atoms with Gasteiger partial charge in [-0.25, -0.2) is 13.1 Å². The van der Waals surface area contributed by atoms with Crippen LogP contribution in [0.2, 0.25) is 0 Å². The van der Waals surface area contributed by atoms with Crippen LogP contribution < -0.4 is 4.72 Å². The molecule has 0 spiro atoms. The molecule has 1 heterocycles. The van der Waals surface area contributed by atoms with Gasteiger partial charge in [-0.2, -0.15) is 0 Å². The number of rotatable bonds is 8. The molecule has 1 N–H and O–H groups in total. The Morgan fingerprint density at radius 3 is 2.76 bits per heavy atom. The highest BCUT2D eigenvalue weighted by molar-refractivity contribution is 7.89. The highest BCUT2D eigenvalue weighted by Gasteiger charge is 2.35. The third-order valence-corrected chi connectivity index (χ3v) is 5.90. The van der Waals surface area contributed by atoms with E-state index in [0.717, 1.165) is 17.7 Å². The maximum absolute atomic E-state index is 12.5. The van der Waals surface area contributed by atoms with Crippen molar-refractivity contribution in [3.05, 3.63) is 22.4 Å². The fourth-order valence-corrected chi connectivity index (χ4v) is 4.24. The van der Waals surface area contributed by atoms with Gasteiger partial charge in [-0.15, -0.1) is 11.3 Å². The SMILES string of the molecule is CCCS(=O)(=O)N[C@H](C)C(=O)N(Cc1cccs1)C1CC1. The van der Waals surface area contributed by atoms with Crippen LogP contribution in [-0.2, 0) is 21.4 Å². The van der Waals surface area contributed by atoms with Crippen LogP contribution in [0.15, 0.2) is 17.5 Å². The summed E-state index contributed by atoms with van der Waals surface area (Å²) < 4.78 is 26.1. The van der Waals surface area contributed by atoms with Crippen molar-refractivity contribution >= 4 is 27.3 Å². The van der Waals surface area contributed by atoms with Gasteiger partial charge in [0.05, 0.1) is 18.3 Å². The van der Waals surface area contributed by atoms with E-state index in [4.69, 9.17) is 0 Å². The van der Waals surface area contributed by atoms with E-state index in [1.807, 2.05) is 22.4 Å². The first kappa shape index (κ1) is 16.5. The number of nitrogens with zero attached hydrogens (tertiary/aromatic N) is 1. The molecule has 1 aliphatic carbocycles. The first-order chi connectivity index (χ1) is 9.93. The zero-order chi connectivity index (χ0) is 15.5. The van der Waals surface area contributed by atoms with E-state index in [0.29, 0.717) is 13.0 Å². The molecule has 0 unspecified atom stereocenters. The topological polar surface area (TPSA) is 66.5 Å². The van der Waals surface area contributed by atoms with Gasteiger partial charge in [0.15, 0.2) is 0 Å². The number of sulfonamides is 1. The largest absolute Gasteiger partial charge is 0.333 e. The molecule has 1 amide bonds. The monoisotopic (exact) mass is 330 g/mol. The van der Waals surface area contributed by atoms with Crippen molar-refractivity contribution in [3.8, 4) is 0 Å². The zero-order valence-corrected chi connectivity index (χ0v) is 14.0. The fraction of sp³-hybridized carbons (Fsp3) is 0.643. The minimum Gasteiger partial charge on any atom is -0.333 e. The smallest absolute Gasteiger partial charge is 0.241 e. The fourth-order valence-electron chi connectivity index (χ4n) is 2.24. The van der Waals surface area contributed by atoms with Crippen molar-refractivity contribution < 1.29 is 13.2 Å². The lowest BCUT2D eigenvalue weighted by atomic mass is 10.3. The van der Waals surface area contributed by atoms with Crippen molar-refractivity contribution in [1.82, 2.24) is 9.62 Å². The number of nitrogens with one attached hydrogen (secondary N) is 1. The second-order valence-corrected chi connectivity index (χ2v) is 8.34. The summed E-state index contributed by atoms with van der Waals surface area (Å²) in [5.41, 5.74) is 0. The lowest BCUT2D eigenvalue weighted by Gasteiger charge is -2.25. The Kier molecular flexibility index (Phi) is 5.40. The quantitative estimate of drug-likeness (QED) is 0.792. The number of carbonyl (C=O) groups is 1. The molecule has 1 fully saturated rings. The Hall–Kier alpha value is -0.920. The van der Waals surface area contributed by atoms with Gasteiger partial charge in [0.25, 0.3) is 0 Å². The van der Waals surface area contributed by atoms with Gasteiger partial charge in [0.2, 0.25) is 15.9 Å². The lowest BCUT2D eigenvalue weighted by molar-refractivity contribution is -0.133. The molecule has 1 saturated carbocycles. The van der Waals surface area contributed by atoms with Crippen molar-refractivity contribution in [2.24, 2.45) is 0 Å². The summed E-state index contributed by atoms with van der Waals surface area (Å²) in [7, 11) is -3.37. The Morgan fingerprint density at radius 1 is 1.52 bits per heavy atom. The third-order valence-electron chi connectivity index (χ3n) is 3.38. The molecule has 118 valence electrons. The van der Waals surface area contributed by atoms with Gasteiger partial charge in [0.1, 0.15) is 0 Å². The Bertz CT molecular complexity index is 565. The summed E-state index contributed by atoms with van der Waals surface area (Å²) in [4.78, 5) is 15.5. The molecule has 21 heavy (non-hydrogen) atoms. The molecule has 1 atom stereocenters. The highest BCUT2D eigenvalue weighted by atomic mass is 32.2. The predicted octanol–water partition coefficient (Wildman–Crippen LogP) is 1.96. The molecule has 1 aromatic heterocycles. The number of amides is 1. The van der Waals surface area contributed by atoms with Crippen molar-refractivity contribution in [2.45, 2.75) is 51.7 Å². The Labute approximate surface area is 130 Å². The van der Waals surface area contributed by atoms with Crippen LogP contribution in [0, 0.1) is 0 Å². The first-order valence-corrected chi connectivity index (χ1v) is 9.79. The molecular formula is C14H22N2O3S2. The number of thiophene rings is 1. The molecule has 5 nitrogen and oxygen atoms in total. The minimum atomic E-state index is -3.37. The second kappa shape index (κ2) is 6.89. The van der Waals surface area contributed by atoms with E-state index in [-0.39, 0.29) is 17.7 Å². The van der Waals surface area contributed by atoms with Gasteiger partial charge in [-0.3, -0.25) is 4.79 Å². The van der Waals surface area contributed by atoms with Gasteiger partial charge >= 0.3 is 0 Å². The Balaban J connectivity index is 2.01. The highest BCUT2D eigenvalue weighted by Crippen LogP contribution is 2.29. The first-order valence-electron chi connectivity index (χ1n) is 7.26. The summed E-state index contributed by atoms with van der Waals surface area (Å²) in [6.07, 6.45) is 2.55. The minimum absolute atomic E-state index is 0.0545. The van der Waals surface area contributed by atoms with E-state index in [1.165, 1.54) is 0 Å². The molecule has 1 aromatic rings. The Morgan fingerprint density at radius 2 is 2.24 bits per heavy atom. The summed E-state index contributed by atoms with van der Waals surface area (Å²) in [6, 6.07) is 3.52. The summed E-state index contributed by atoms with van der Waals surface area (Å²) in [5.74, 6) is -0.0792. The van der Waals surface area contributed by atoms with Crippen LogP contribution in [0.1, 0.15) is 38.0 Å². The molecule has 0 saturated heterocycles. The second-order valence-electron chi connectivity index (χ2n) is 5.44. The van der Waals surface area contributed by atoms with Crippen molar-refractivity contribution in [1.29, 1.82) is 0 Å². The summed E-state index contributed by atoms with van der Waals surface area (Å²) in [6.45, 7) is 4.00. The van der Waals surface area contributed by atoms with Crippen molar-refractivity contribution in [2.75, 3.05) is 5.75 Å². The van der Waals surface area contributed by atoms with E-state index in [1.54, 1.807) is 25.2 Å². The maximum atomic E-state index is 12.5. The molecule has 2 rings (SSSR count). The predicted molar refractivity (Wildman–Crippen MR) is 84.6 cm³/mol. The molecule has 0 bridgehead atoms. The van der Waals surface area contributed by atoms with Gasteiger partial charge in [-0.1, -0.05) is 13.0 Å². The van der Waals surface area contributed by atoms with E-state index >= 15 is 0 Å². The van der Waals surface area contributed by atoms with Gasteiger partial charge < -0.3 is 4.90 Å². The van der Waals surface area contributed by atoms with Crippen LogP contribution >= 0.6 is 11.3 Å². The third kappa shape index (κ3) is 4.79. The van der Waals surface area contributed by atoms with Gasteiger partial charge in [-0.05, 0) is 37.6 Å². The van der Waals surface area contributed by atoms with Crippen LogP contribution in [0.4, 0.5) is 0 Å². The number of hydrogen-bond acceptors (Lipinski definition) is 4. The molecule has 0 aliphatic heterocycles. The molecule has 0 radical (unpaired) electrons. The van der Waals surface area contributed by atoms with E-state index in [9.17, 15) is 13.2 Å². The van der Waals surface area contributed by atoms with Crippen LogP contribution in [0.25, 0.3) is 0 Å². The standard InChI is InChI=1S/C14H22N2O3S2/c1-3-9-21(18,19)15-11(2)14(17)16(12-6-7-12)10-13-5-4-8-20-13/h4-5,8,11-12,15H,3,6-7,9-10H2,1-2H3/t11-/m1/s1. The lowest BCUT2D eigenvalue weighted by Crippen LogP contribution is -2.47. The molecule has 7 heteroatoms. The van der Waals surface area contributed by atoms with Crippen LogP contribution in [-0.4, -0.2) is 37.1 Å². The molecule has 0 aromatic carbocycles. The normalized spacial score (nSPS) is 16.7. The average molecular weight is 330 g/mol. The van der Waals surface area contributed by atoms with Crippen LogP contribution in [0.5, 0.6) is 0 Å².